The van der Waals surface area contributed by atoms with Crippen molar-refractivity contribution in [3.63, 3.8) is 0 Å². The summed E-state index contributed by atoms with van der Waals surface area (Å²) in [6.45, 7) is 14.4. The number of likely N-dealkylation sites (tertiary alicyclic amines) is 1. The van der Waals surface area contributed by atoms with Crippen molar-refractivity contribution in [2.45, 2.75) is 72.1 Å². The summed E-state index contributed by atoms with van der Waals surface area (Å²) in [7, 11) is 0. The Bertz CT molecular complexity index is 870. The van der Waals surface area contributed by atoms with Crippen molar-refractivity contribution in [2.24, 2.45) is 5.92 Å². The maximum absolute atomic E-state index is 12.8. The number of benzene rings is 2. The molecule has 3 nitrogen and oxygen atoms in total. The van der Waals surface area contributed by atoms with E-state index in [1.165, 1.54) is 37.8 Å². The monoisotopic (exact) mass is 421 g/mol. The predicted octanol–water partition coefficient (Wildman–Crippen LogP) is 6.70. The Balaban J connectivity index is 1.69. The van der Waals surface area contributed by atoms with Gasteiger partial charge in [-0.25, -0.2) is 4.79 Å². The van der Waals surface area contributed by atoms with Gasteiger partial charge in [-0.3, -0.25) is 0 Å². The zero-order valence-electron chi connectivity index (χ0n) is 20.0. The van der Waals surface area contributed by atoms with E-state index in [0.717, 1.165) is 30.6 Å². The molecule has 0 spiro atoms. The lowest BCUT2D eigenvalue weighted by molar-refractivity contribution is 0.0732. The largest absolute Gasteiger partial charge is 0.423 e. The highest BCUT2D eigenvalue weighted by atomic mass is 16.5. The summed E-state index contributed by atoms with van der Waals surface area (Å²) in [4.78, 5) is 15.5. The molecule has 0 bridgehead atoms. The third-order valence-corrected chi connectivity index (χ3v) is 7.28. The first-order valence-electron chi connectivity index (χ1n) is 12.0. The van der Waals surface area contributed by atoms with Crippen LogP contribution in [0, 0.1) is 19.8 Å². The van der Waals surface area contributed by atoms with E-state index in [-0.39, 0.29) is 11.4 Å². The Labute approximate surface area is 188 Å². The highest BCUT2D eigenvalue weighted by Gasteiger charge is 2.38. The van der Waals surface area contributed by atoms with E-state index in [2.05, 4.69) is 37.8 Å². The number of aryl methyl sites for hydroxylation is 2. The van der Waals surface area contributed by atoms with E-state index in [0.29, 0.717) is 17.2 Å². The van der Waals surface area contributed by atoms with Gasteiger partial charge in [0.2, 0.25) is 0 Å². The molecule has 2 aromatic carbocycles. The second-order valence-electron chi connectivity index (χ2n) is 9.61. The van der Waals surface area contributed by atoms with Crippen LogP contribution in [-0.2, 0) is 5.41 Å². The number of unbranched alkanes of at least 4 members (excludes halogenated alkanes) is 3. The van der Waals surface area contributed by atoms with Gasteiger partial charge in [0, 0.05) is 6.54 Å². The highest BCUT2D eigenvalue weighted by molar-refractivity contribution is 5.94. The maximum Gasteiger partial charge on any atom is 0.344 e. The van der Waals surface area contributed by atoms with Crippen LogP contribution < -0.4 is 4.74 Å². The van der Waals surface area contributed by atoms with E-state index in [1.54, 1.807) is 0 Å². The molecule has 0 aliphatic carbocycles. The maximum atomic E-state index is 12.8. The smallest absolute Gasteiger partial charge is 0.344 e. The summed E-state index contributed by atoms with van der Waals surface area (Å²) < 4.78 is 5.82. The molecule has 168 valence electrons. The van der Waals surface area contributed by atoms with Crippen molar-refractivity contribution in [1.82, 2.24) is 4.90 Å². The van der Waals surface area contributed by atoms with Crippen molar-refractivity contribution in [3.8, 4) is 5.75 Å². The number of hydrogen-bond donors (Lipinski definition) is 0. The summed E-state index contributed by atoms with van der Waals surface area (Å²) in [6, 6.07) is 14.1. The minimum absolute atomic E-state index is 0.0981. The van der Waals surface area contributed by atoms with E-state index >= 15 is 0 Å². The number of carbonyl (C=O) groups excluding carboxylic acids is 1. The summed E-state index contributed by atoms with van der Waals surface area (Å²) in [5.41, 5.74) is 3.95. The number of piperidine rings is 1. The van der Waals surface area contributed by atoms with Gasteiger partial charge in [0.05, 0.1) is 5.56 Å². The molecular formula is C28H39NO2. The van der Waals surface area contributed by atoms with Crippen LogP contribution in [0.25, 0.3) is 0 Å². The Morgan fingerprint density at radius 2 is 1.81 bits per heavy atom. The Morgan fingerprint density at radius 3 is 2.48 bits per heavy atom. The second kappa shape index (κ2) is 10.5. The van der Waals surface area contributed by atoms with Gasteiger partial charge in [-0.1, -0.05) is 70.4 Å². The molecule has 3 heteroatoms. The fourth-order valence-electron chi connectivity index (χ4n) is 4.92. The summed E-state index contributed by atoms with van der Waals surface area (Å²) in [5, 5.41) is 0. The molecule has 1 fully saturated rings. The summed E-state index contributed by atoms with van der Waals surface area (Å²) in [5.74, 6) is 0.922. The molecule has 2 atom stereocenters. The fourth-order valence-corrected chi connectivity index (χ4v) is 4.92. The van der Waals surface area contributed by atoms with Crippen LogP contribution in [0.3, 0.4) is 0 Å². The first-order chi connectivity index (χ1) is 14.8. The average molecular weight is 422 g/mol. The van der Waals surface area contributed by atoms with Crippen LogP contribution in [0.4, 0.5) is 0 Å². The lowest BCUT2D eigenvalue weighted by Crippen LogP contribution is -2.47. The van der Waals surface area contributed by atoms with E-state index < -0.39 is 0 Å². The average Bonchev–Trinajstić information content (AvgIpc) is 2.74. The lowest BCUT2D eigenvalue weighted by Gasteiger charge is -2.45. The van der Waals surface area contributed by atoms with Gasteiger partial charge in [0.25, 0.3) is 0 Å². The number of rotatable bonds is 8. The van der Waals surface area contributed by atoms with Crippen LogP contribution in [0.15, 0.2) is 42.5 Å². The zero-order chi connectivity index (χ0) is 22.4. The van der Waals surface area contributed by atoms with Crippen LogP contribution >= 0.6 is 0 Å². The summed E-state index contributed by atoms with van der Waals surface area (Å²) >= 11 is 0. The van der Waals surface area contributed by atoms with Crippen LogP contribution in [0.1, 0.15) is 79.9 Å². The van der Waals surface area contributed by atoms with Gasteiger partial charge < -0.3 is 9.64 Å². The number of carbonyl (C=O) groups is 1. The van der Waals surface area contributed by atoms with Gasteiger partial charge in [-0.05, 0) is 79.9 Å². The van der Waals surface area contributed by atoms with Gasteiger partial charge in [0.1, 0.15) is 5.75 Å². The van der Waals surface area contributed by atoms with Crippen LogP contribution in [0.2, 0.25) is 0 Å². The Hall–Kier alpha value is -2.13. The molecule has 31 heavy (non-hydrogen) atoms. The SMILES string of the molecule is CCCCCCN1CC[C@](C)(c2cccc(OC(=O)c3c(C)cccc3C)c2)[C@@H](C)C1. The Morgan fingerprint density at radius 1 is 1.10 bits per heavy atom. The topological polar surface area (TPSA) is 29.5 Å². The highest BCUT2D eigenvalue weighted by Crippen LogP contribution is 2.40. The standard InChI is InChI=1S/C28H39NO2/c1-6-7-8-9-17-29-18-16-28(5,23(4)20-29)24-14-11-15-25(19-24)31-27(30)26-21(2)12-10-13-22(26)3/h10-15,19,23H,6-9,16-18,20H2,1-5H3/t23-,28-/m0/s1. The van der Waals surface area contributed by atoms with Gasteiger partial charge in [-0.2, -0.15) is 0 Å². The van der Waals surface area contributed by atoms with Crippen molar-refractivity contribution >= 4 is 5.97 Å². The molecule has 0 aromatic heterocycles. The Kier molecular flexibility index (Phi) is 7.94. The molecule has 1 saturated heterocycles. The molecule has 3 rings (SSSR count). The molecule has 0 unspecified atom stereocenters. The molecule has 1 heterocycles. The van der Waals surface area contributed by atoms with Gasteiger partial charge in [0.15, 0.2) is 0 Å². The van der Waals surface area contributed by atoms with Gasteiger partial charge in [-0.15, -0.1) is 0 Å². The van der Waals surface area contributed by atoms with E-state index in [9.17, 15) is 4.79 Å². The zero-order valence-corrected chi connectivity index (χ0v) is 20.0. The van der Waals surface area contributed by atoms with Crippen molar-refractivity contribution in [1.29, 1.82) is 0 Å². The summed E-state index contributed by atoms with van der Waals surface area (Å²) in [6.07, 6.45) is 6.41. The normalized spacial score (nSPS) is 21.8. The number of hydrogen-bond acceptors (Lipinski definition) is 3. The molecule has 2 aromatic rings. The molecule has 0 radical (unpaired) electrons. The second-order valence-corrected chi connectivity index (χ2v) is 9.61. The minimum Gasteiger partial charge on any atom is -0.423 e. The first kappa shape index (κ1) is 23.5. The molecule has 0 N–H and O–H groups in total. The number of esters is 1. The van der Waals surface area contributed by atoms with Crippen molar-refractivity contribution in [2.75, 3.05) is 19.6 Å². The third kappa shape index (κ3) is 5.57. The number of nitrogens with zero attached hydrogens (tertiary/aromatic N) is 1. The molecule has 1 aliphatic rings. The molecular weight excluding hydrogens is 382 g/mol. The van der Waals surface area contributed by atoms with E-state index in [4.69, 9.17) is 4.74 Å². The minimum atomic E-state index is -0.271. The quantitative estimate of drug-likeness (QED) is 0.270. The lowest BCUT2D eigenvalue weighted by atomic mass is 9.68. The van der Waals surface area contributed by atoms with Gasteiger partial charge >= 0.3 is 5.97 Å². The van der Waals surface area contributed by atoms with Crippen molar-refractivity contribution < 1.29 is 9.53 Å². The first-order valence-corrected chi connectivity index (χ1v) is 12.0. The molecule has 0 saturated carbocycles. The fraction of sp³-hybridized carbons (Fsp3) is 0.536. The van der Waals surface area contributed by atoms with Crippen LogP contribution in [0.5, 0.6) is 5.75 Å². The molecule has 1 aliphatic heterocycles. The van der Waals surface area contributed by atoms with Crippen molar-refractivity contribution in [3.05, 3.63) is 64.7 Å². The van der Waals surface area contributed by atoms with E-state index in [1.807, 2.05) is 44.2 Å². The number of ether oxygens (including phenoxy) is 1. The third-order valence-electron chi connectivity index (χ3n) is 7.28. The van der Waals surface area contributed by atoms with Crippen LogP contribution in [-0.4, -0.2) is 30.5 Å². The molecule has 0 amide bonds. The predicted molar refractivity (Wildman–Crippen MR) is 129 cm³/mol.